The first-order chi connectivity index (χ1) is 9.65. The van der Waals surface area contributed by atoms with Crippen molar-refractivity contribution < 1.29 is 4.79 Å². The number of aryl methyl sites for hydroxylation is 1. The Balaban J connectivity index is 1.84. The molecule has 2 rings (SSSR count). The summed E-state index contributed by atoms with van der Waals surface area (Å²) < 4.78 is 0. The molecular weight excluding hydrogens is 250 g/mol. The van der Waals surface area contributed by atoms with Gasteiger partial charge in [-0.25, -0.2) is 0 Å². The molecule has 0 radical (unpaired) electrons. The number of carbonyl (C=O) groups excluding carboxylic acids is 1. The second-order valence-electron chi connectivity index (χ2n) is 4.79. The fourth-order valence-corrected chi connectivity index (χ4v) is 2.03. The quantitative estimate of drug-likeness (QED) is 0.819. The van der Waals surface area contributed by atoms with E-state index < -0.39 is 0 Å². The minimum absolute atomic E-state index is 0.0191. The van der Waals surface area contributed by atoms with Crippen LogP contribution < -0.4 is 11.1 Å². The van der Waals surface area contributed by atoms with Crippen LogP contribution in [0, 0.1) is 0 Å². The van der Waals surface area contributed by atoms with Crippen LogP contribution in [0.15, 0.2) is 48.7 Å². The molecule has 0 saturated heterocycles. The molecule has 0 aliphatic carbocycles. The molecule has 1 heterocycles. The fraction of sp³-hybridized carbons (Fsp3) is 0.250. The number of nitrogens with two attached hydrogens (primary N) is 1. The van der Waals surface area contributed by atoms with Gasteiger partial charge in [0, 0.05) is 18.3 Å². The summed E-state index contributed by atoms with van der Waals surface area (Å²) in [5.74, 6) is 0.0191. The molecule has 1 aromatic carbocycles. The zero-order chi connectivity index (χ0) is 14.4. The summed E-state index contributed by atoms with van der Waals surface area (Å²) in [6, 6.07) is 13.2. The number of hydrogen-bond donors (Lipinski definition) is 2. The monoisotopic (exact) mass is 269 g/mol. The third kappa shape index (κ3) is 4.09. The van der Waals surface area contributed by atoms with Gasteiger partial charge in [-0.1, -0.05) is 18.2 Å². The van der Waals surface area contributed by atoms with Crippen LogP contribution in [0.25, 0.3) is 0 Å². The zero-order valence-electron chi connectivity index (χ0n) is 11.5. The summed E-state index contributed by atoms with van der Waals surface area (Å²) >= 11 is 0. The number of pyridine rings is 1. The lowest BCUT2D eigenvalue weighted by Crippen LogP contribution is -2.27. The Morgan fingerprint density at radius 2 is 2.15 bits per heavy atom. The Morgan fingerprint density at radius 3 is 2.85 bits per heavy atom. The number of benzene rings is 1. The van der Waals surface area contributed by atoms with Crippen LogP contribution in [-0.4, -0.2) is 10.9 Å². The minimum atomic E-state index is -0.0791. The van der Waals surface area contributed by atoms with Gasteiger partial charge in [-0.2, -0.15) is 0 Å². The van der Waals surface area contributed by atoms with Gasteiger partial charge in [0.05, 0.1) is 11.7 Å². The van der Waals surface area contributed by atoms with Crippen LogP contribution in [0.5, 0.6) is 0 Å². The maximum atomic E-state index is 11.9. The normalized spacial score (nSPS) is 11.8. The number of amides is 1. The van der Waals surface area contributed by atoms with Gasteiger partial charge >= 0.3 is 0 Å². The summed E-state index contributed by atoms with van der Waals surface area (Å²) in [7, 11) is 0. The molecule has 0 aliphatic rings. The summed E-state index contributed by atoms with van der Waals surface area (Å²) in [4.78, 5) is 16.1. The Morgan fingerprint density at radius 1 is 1.30 bits per heavy atom. The van der Waals surface area contributed by atoms with Crippen LogP contribution in [0.3, 0.4) is 0 Å². The fourth-order valence-electron chi connectivity index (χ4n) is 2.03. The number of nitrogens with zero attached hydrogens (tertiary/aromatic N) is 1. The SMILES string of the molecule is CC(NC(=O)CCc1cccc(N)c1)c1ccccn1. The first-order valence-corrected chi connectivity index (χ1v) is 6.70. The largest absolute Gasteiger partial charge is 0.399 e. The maximum Gasteiger partial charge on any atom is 0.220 e. The lowest BCUT2D eigenvalue weighted by atomic mass is 10.1. The van der Waals surface area contributed by atoms with Crippen molar-refractivity contribution in [1.82, 2.24) is 10.3 Å². The third-order valence-electron chi connectivity index (χ3n) is 3.10. The van der Waals surface area contributed by atoms with Crippen molar-refractivity contribution in [2.45, 2.75) is 25.8 Å². The van der Waals surface area contributed by atoms with E-state index in [9.17, 15) is 4.79 Å². The van der Waals surface area contributed by atoms with Crippen LogP contribution >= 0.6 is 0 Å². The molecule has 3 N–H and O–H groups in total. The zero-order valence-corrected chi connectivity index (χ0v) is 11.5. The maximum absolute atomic E-state index is 11.9. The summed E-state index contributed by atoms with van der Waals surface area (Å²) in [6.45, 7) is 1.93. The van der Waals surface area contributed by atoms with Crippen LogP contribution in [0.2, 0.25) is 0 Å². The average molecular weight is 269 g/mol. The highest BCUT2D eigenvalue weighted by atomic mass is 16.1. The molecule has 1 unspecified atom stereocenters. The van der Waals surface area contributed by atoms with Crippen LogP contribution in [0.1, 0.15) is 30.6 Å². The smallest absolute Gasteiger partial charge is 0.220 e. The van der Waals surface area contributed by atoms with Gasteiger partial charge in [0.2, 0.25) is 5.91 Å². The molecule has 4 nitrogen and oxygen atoms in total. The molecule has 1 atom stereocenters. The highest BCUT2D eigenvalue weighted by Gasteiger charge is 2.10. The van der Waals surface area contributed by atoms with E-state index in [-0.39, 0.29) is 11.9 Å². The van der Waals surface area contributed by atoms with E-state index in [1.165, 1.54) is 0 Å². The molecule has 1 aromatic heterocycles. The van der Waals surface area contributed by atoms with E-state index in [1.54, 1.807) is 6.20 Å². The molecular formula is C16H19N3O. The highest BCUT2D eigenvalue weighted by molar-refractivity contribution is 5.76. The van der Waals surface area contributed by atoms with Crippen molar-refractivity contribution in [1.29, 1.82) is 0 Å². The molecule has 0 saturated carbocycles. The first-order valence-electron chi connectivity index (χ1n) is 6.70. The van der Waals surface area contributed by atoms with Gasteiger partial charge in [0.15, 0.2) is 0 Å². The first kappa shape index (κ1) is 14.1. The number of rotatable bonds is 5. The lowest BCUT2D eigenvalue weighted by Gasteiger charge is -2.13. The molecule has 4 heteroatoms. The second kappa shape index (κ2) is 6.70. The molecule has 20 heavy (non-hydrogen) atoms. The van der Waals surface area contributed by atoms with Crippen LogP contribution in [-0.2, 0) is 11.2 Å². The Hall–Kier alpha value is -2.36. The number of nitrogens with one attached hydrogen (secondary N) is 1. The van der Waals surface area contributed by atoms with Gasteiger partial charge in [0.25, 0.3) is 0 Å². The highest BCUT2D eigenvalue weighted by Crippen LogP contribution is 2.11. The van der Waals surface area contributed by atoms with Gasteiger partial charge in [-0.05, 0) is 43.2 Å². The Labute approximate surface area is 119 Å². The molecule has 104 valence electrons. The second-order valence-corrected chi connectivity index (χ2v) is 4.79. The Bertz CT molecular complexity index is 569. The van der Waals surface area contributed by atoms with E-state index >= 15 is 0 Å². The average Bonchev–Trinajstić information content (AvgIpc) is 2.46. The lowest BCUT2D eigenvalue weighted by molar-refractivity contribution is -0.121. The van der Waals surface area contributed by atoms with E-state index in [0.29, 0.717) is 12.8 Å². The third-order valence-corrected chi connectivity index (χ3v) is 3.10. The van der Waals surface area contributed by atoms with Gasteiger partial charge in [0.1, 0.15) is 0 Å². The standard InChI is InChI=1S/C16H19N3O/c1-12(15-7-2-3-10-18-15)19-16(20)9-8-13-5-4-6-14(17)11-13/h2-7,10-12H,8-9,17H2,1H3,(H,19,20). The predicted octanol–water partition coefficient (Wildman–Crippen LogP) is 2.47. The predicted molar refractivity (Wildman–Crippen MR) is 80.0 cm³/mol. The van der Waals surface area contributed by atoms with Crippen molar-refractivity contribution in [2.75, 3.05) is 5.73 Å². The van der Waals surface area contributed by atoms with E-state index in [1.807, 2.05) is 49.4 Å². The summed E-state index contributed by atoms with van der Waals surface area (Å²) in [6.07, 6.45) is 2.86. The molecule has 1 amide bonds. The van der Waals surface area contributed by atoms with Crippen molar-refractivity contribution in [3.05, 3.63) is 59.9 Å². The van der Waals surface area contributed by atoms with Gasteiger partial charge in [-0.15, -0.1) is 0 Å². The molecule has 2 aromatic rings. The van der Waals surface area contributed by atoms with Gasteiger partial charge < -0.3 is 11.1 Å². The summed E-state index contributed by atoms with van der Waals surface area (Å²) in [5, 5.41) is 2.95. The summed E-state index contributed by atoms with van der Waals surface area (Å²) in [5.41, 5.74) is 8.38. The number of hydrogen-bond acceptors (Lipinski definition) is 3. The molecule has 0 fully saturated rings. The van der Waals surface area contributed by atoms with Gasteiger partial charge in [-0.3, -0.25) is 9.78 Å². The van der Waals surface area contributed by atoms with Crippen molar-refractivity contribution >= 4 is 11.6 Å². The molecule has 0 spiro atoms. The number of carbonyl (C=O) groups is 1. The van der Waals surface area contributed by atoms with Crippen LogP contribution in [0.4, 0.5) is 5.69 Å². The van der Waals surface area contributed by atoms with E-state index in [4.69, 9.17) is 5.73 Å². The number of nitrogen functional groups attached to an aromatic ring is 1. The number of aromatic nitrogens is 1. The van der Waals surface area contributed by atoms with E-state index in [0.717, 1.165) is 16.9 Å². The van der Waals surface area contributed by atoms with Crippen molar-refractivity contribution in [3.63, 3.8) is 0 Å². The molecule has 0 aliphatic heterocycles. The van der Waals surface area contributed by atoms with Crippen molar-refractivity contribution in [3.8, 4) is 0 Å². The van der Waals surface area contributed by atoms with Crippen molar-refractivity contribution in [2.24, 2.45) is 0 Å². The van der Waals surface area contributed by atoms with E-state index in [2.05, 4.69) is 10.3 Å². The Kier molecular flexibility index (Phi) is 4.71. The minimum Gasteiger partial charge on any atom is -0.399 e. The topological polar surface area (TPSA) is 68.0 Å². The molecule has 0 bridgehead atoms. The number of anilines is 1.